The highest BCUT2D eigenvalue weighted by Gasteiger charge is 2.17. The highest BCUT2D eigenvalue weighted by Crippen LogP contribution is 2.14. The largest absolute Gasteiger partial charge is 0.459 e. The maximum Gasteiger partial charge on any atom is 0.320 e. The predicted octanol–water partition coefficient (Wildman–Crippen LogP) is 7.52. The van der Waals surface area contributed by atoms with Gasteiger partial charge in [-0.15, -0.1) is 0 Å². The van der Waals surface area contributed by atoms with Gasteiger partial charge in [-0.25, -0.2) is 0 Å². The van der Waals surface area contributed by atoms with E-state index in [0.717, 1.165) is 6.54 Å². The number of carbonyl (C=O) groups excluding carboxylic acids is 1. The predicted molar refractivity (Wildman–Crippen MR) is 123 cm³/mol. The molecular formula is C25H51NO2. The van der Waals surface area contributed by atoms with Crippen LogP contribution >= 0.6 is 0 Å². The molecule has 28 heavy (non-hydrogen) atoms. The third-order valence-corrected chi connectivity index (χ3v) is 5.21. The summed E-state index contributed by atoms with van der Waals surface area (Å²) in [5, 5.41) is 0. The van der Waals surface area contributed by atoms with E-state index in [2.05, 4.69) is 11.8 Å². The van der Waals surface area contributed by atoms with Gasteiger partial charge in [0.2, 0.25) is 0 Å². The Balaban J connectivity index is 3.26. The minimum atomic E-state index is -0.383. The number of rotatable bonds is 19. The number of unbranched alkanes of at least 4 members (excludes halogenated alkanes) is 15. The van der Waals surface area contributed by atoms with Crippen LogP contribution in [0.4, 0.5) is 0 Å². The molecule has 0 spiro atoms. The van der Waals surface area contributed by atoms with Gasteiger partial charge in [0.15, 0.2) is 0 Å². The minimum Gasteiger partial charge on any atom is -0.459 e. The molecule has 0 aliphatic carbocycles. The molecule has 0 fully saturated rings. The molecule has 0 aliphatic rings. The van der Waals surface area contributed by atoms with E-state index in [1.165, 1.54) is 103 Å². The lowest BCUT2D eigenvalue weighted by Gasteiger charge is -2.22. The van der Waals surface area contributed by atoms with Crippen LogP contribution in [0.25, 0.3) is 0 Å². The Morgan fingerprint density at radius 1 is 0.679 bits per heavy atom. The first-order valence-corrected chi connectivity index (χ1v) is 12.3. The quantitative estimate of drug-likeness (QED) is 0.167. The van der Waals surface area contributed by atoms with E-state index in [4.69, 9.17) is 4.74 Å². The lowest BCUT2D eigenvalue weighted by molar-refractivity contribution is -0.155. The Morgan fingerprint density at radius 2 is 1.04 bits per heavy atom. The molecule has 0 saturated carbocycles. The van der Waals surface area contributed by atoms with Crippen LogP contribution < -0.4 is 0 Å². The summed E-state index contributed by atoms with van der Waals surface area (Å²) in [7, 11) is 2.01. The van der Waals surface area contributed by atoms with Crippen molar-refractivity contribution in [3.05, 3.63) is 0 Å². The minimum absolute atomic E-state index is 0.119. The first-order chi connectivity index (χ1) is 13.3. The van der Waals surface area contributed by atoms with Crippen LogP contribution in [0.5, 0.6) is 0 Å². The number of carbonyl (C=O) groups is 1. The second kappa shape index (κ2) is 18.5. The lowest BCUT2D eigenvalue weighted by Crippen LogP contribution is -2.33. The number of nitrogens with zero attached hydrogens (tertiary/aromatic N) is 1. The second-order valence-electron chi connectivity index (χ2n) is 9.63. The Bertz CT molecular complexity index is 349. The first-order valence-electron chi connectivity index (χ1n) is 12.3. The maximum absolute atomic E-state index is 11.8. The number of hydrogen-bond donors (Lipinski definition) is 0. The van der Waals surface area contributed by atoms with Gasteiger partial charge in [0.25, 0.3) is 0 Å². The van der Waals surface area contributed by atoms with Crippen LogP contribution in [0.2, 0.25) is 0 Å². The van der Waals surface area contributed by atoms with Gasteiger partial charge in [0, 0.05) is 0 Å². The monoisotopic (exact) mass is 397 g/mol. The van der Waals surface area contributed by atoms with Crippen molar-refractivity contribution in [2.24, 2.45) is 0 Å². The van der Waals surface area contributed by atoms with Gasteiger partial charge in [0.1, 0.15) is 5.60 Å². The zero-order valence-corrected chi connectivity index (χ0v) is 20.0. The van der Waals surface area contributed by atoms with Crippen molar-refractivity contribution < 1.29 is 9.53 Å². The average Bonchev–Trinajstić information content (AvgIpc) is 2.59. The molecule has 0 rings (SSSR count). The molecule has 0 bridgehead atoms. The zero-order valence-electron chi connectivity index (χ0n) is 20.0. The van der Waals surface area contributed by atoms with Crippen LogP contribution in [-0.2, 0) is 9.53 Å². The number of ether oxygens (including phenoxy) is 1. The van der Waals surface area contributed by atoms with Crippen molar-refractivity contribution in [1.82, 2.24) is 4.90 Å². The van der Waals surface area contributed by atoms with Crippen molar-refractivity contribution >= 4 is 5.97 Å². The van der Waals surface area contributed by atoms with Crippen molar-refractivity contribution in [2.75, 3.05) is 20.1 Å². The first kappa shape index (κ1) is 27.4. The Labute approximate surface area is 177 Å². The molecule has 0 atom stereocenters. The molecule has 0 aliphatic heterocycles. The molecule has 0 aromatic rings. The van der Waals surface area contributed by atoms with Gasteiger partial charge < -0.3 is 4.74 Å². The fraction of sp³-hybridized carbons (Fsp3) is 0.960. The topological polar surface area (TPSA) is 29.5 Å². The molecular weight excluding hydrogens is 346 g/mol. The maximum atomic E-state index is 11.8. The second-order valence-corrected chi connectivity index (χ2v) is 9.63. The van der Waals surface area contributed by atoms with E-state index in [9.17, 15) is 4.79 Å². The van der Waals surface area contributed by atoms with Crippen molar-refractivity contribution in [1.29, 1.82) is 0 Å². The van der Waals surface area contributed by atoms with Crippen molar-refractivity contribution in [3.63, 3.8) is 0 Å². The molecule has 0 saturated heterocycles. The van der Waals surface area contributed by atoms with E-state index in [1.807, 2.05) is 27.8 Å². The third-order valence-electron chi connectivity index (χ3n) is 5.21. The summed E-state index contributed by atoms with van der Waals surface area (Å²) < 4.78 is 5.36. The molecule has 3 heteroatoms. The molecule has 0 aromatic heterocycles. The van der Waals surface area contributed by atoms with E-state index in [1.54, 1.807) is 0 Å². The zero-order chi connectivity index (χ0) is 21.1. The number of likely N-dealkylation sites (N-methyl/N-ethyl adjacent to an activating group) is 1. The molecule has 0 unspecified atom stereocenters. The lowest BCUT2D eigenvalue weighted by atomic mass is 10.0. The van der Waals surface area contributed by atoms with E-state index >= 15 is 0 Å². The summed E-state index contributed by atoms with van der Waals surface area (Å²) in [5.74, 6) is -0.119. The summed E-state index contributed by atoms with van der Waals surface area (Å²) in [5.41, 5.74) is -0.383. The fourth-order valence-corrected chi connectivity index (χ4v) is 3.60. The van der Waals surface area contributed by atoms with Crippen LogP contribution in [0.1, 0.15) is 130 Å². The molecule has 0 N–H and O–H groups in total. The van der Waals surface area contributed by atoms with E-state index in [-0.39, 0.29) is 11.6 Å². The number of hydrogen-bond acceptors (Lipinski definition) is 3. The molecule has 0 amide bonds. The molecule has 3 nitrogen and oxygen atoms in total. The van der Waals surface area contributed by atoms with Crippen LogP contribution in [-0.4, -0.2) is 36.6 Å². The van der Waals surface area contributed by atoms with Crippen molar-refractivity contribution in [2.45, 2.75) is 136 Å². The molecule has 168 valence electrons. The smallest absolute Gasteiger partial charge is 0.320 e. The van der Waals surface area contributed by atoms with Crippen molar-refractivity contribution in [3.8, 4) is 0 Å². The summed E-state index contributed by atoms with van der Waals surface area (Å²) in [6.45, 7) is 9.42. The van der Waals surface area contributed by atoms with Gasteiger partial charge in [0.05, 0.1) is 6.54 Å². The average molecular weight is 398 g/mol. The van der Waals surface area contributed by atoms with E-state index in [0.29, 0.717) is 6.54 Å². The Morgan fingerprint density at radius 3 is 1.39 bits per heavy atom. The van der Waals surface area contributed by atoms with Crippen LogP contribution in [0.15, 0.2) is 0 Å². The highest BCUT2D eigenvalue weighted by molar-refractivity contribution is 5.72. The normalized spacial score (nSPS) is 11.9. The fourth-order valence-electron chi connectivity index (χ4n) is 3.60. The summed E-state index contributed by atoms with van der Waals surface area (Å²) in [6.07, 6.45) is 22.3. The molecule has 0 heterocycles. The number of esters is 1. The SMILES string of the molecule is CCCCCCCCCCCCCCCCCCN(C)CC(=O)OC(C)(C)C. The van der Waals surface area contributed by atoms with Gasteiger partial charge >= 0.3 is 5.97 Å². The van der Waals surface area contributed by atoms with Crippen LogP contribution in [0.3, 0.4) is 0 Å². The summed E-state index contributed by atoms with van der Waals surface area (Å²) in [6, 6.07) is 0. The van der Waals surface area contributed by atoms with Gasteiger partial charge in [-0.3, -0.25) is 9.69 Å². The summed E-state index contributed by atoms with van der Waals surface area (Å²) in [4.78, 5) is 13.9. The molecule has 0 aromatic carbocycles. The van der Waals surface area contributed by atoms with Gasteiger partial charge in [-0.05, 0) is 40.8 Å². The summed E-state index contributed by atoms with van der Waals surface area (Å²) >= 11 is 0. The Hall–Kier alpha value is -0.570. The third kappa shape index (κ3) is 21.7. The van der Waals surface area contributed by atoms with Crippen LogP contribution in [0, 0.1) is 0 Å². The standard InChI is InChI=1S/C25H51NO2/c1-6-7-8-9-10-11-12-13-14-15-16-17-18-19-20-21-22-26(5)23-24(27)28-25(2,3)4/h6-23H2,1-5H3. The van der Waals surface area contributed by atoms with E-state index < -0.39 is 0 Å². The Kier molecular flexibility index (Phi) is 18.1. The molecule has 0 radical (unpaired) electrons. The highest BCUT2D eigenvalue weighted by atomic mass is 16.6. The van der Waals surface area contributed by atoms with Gasteiger partial charge in [-0.2, -0.15) is 0 Å². The van der Waals surface area contributed by atoms with Gasteiger partial charge in [-0.1, -0.05) is 103 Å².